The maximum absolute atomic E-state index is 12.2. The molecule has 0 fully saturated rings. The molecule has 1 amide bonds. The summed E-state index contributed by atoms with van der Waals surface area (Å²) in [6.07, 6.45) is 6.75. The van der Waals surface area contributed by atoms with Gasteiger partial charge >= 0.3 is 0 Å². The third-order valence-electron chi connectivity index (χ3n) is 2.96. The summed E-state index contributed by atoms with van der Waals surface area (Å²) in [6, 6.07) is 8.74. The van der Waals surface area contributed by atoms with E-state index in [0.717, 1.165) is 9.39 Å². The van der Waals surface area contributed by atoms with Crippen LogP contribution < -0.4 is 5.32 Å². The lowest BCUT2D eigenvalue weighted by Gasteiger charge is -2.07. The van der Waals surface area contributed by atoms with Crippen LogP contribution in [-0.2, 0) is 0 Å². The number of hydrogen-bond acceptors (Lipinski definition) is 3. The predicted octanol–water partition coefficient (Wildman–Crippen LogP) is 3.78. The molecule has 0 atom stereocenters. The van der Waals surface area contributed by atoms with Crippen molar-refractivity contribution in [2.75, 3.05) is 5.32 Å². The van der Waals surface area contributed by atoms with Gasteiger partial charge in [0.05, 0.1) is 16.9 Å². The first-order valence-corrected chi connectivity index (χ1v) is 7.80. The van der Waals surface area contributed by atoms with E-state index in [-0.39, 0.29) is 5.91 Å². The van der Waals surface area contributed by atoms with E-state index in [0.29, 0.717) is 16.3 Å². The second-order valence-corrected chi connectivity index (χ2v) is 6.03. The smallest absolute Gasteiger partial charge is 0.255 e. The van der Waals surface area contributed by atoms with Crippen molar-refractivity contribution in [1.29, 1.82) is 0 Å². The third kappa shape index (κ3) is 3.28. The molecule has 0 spiro atoms. The van der Waals surface area contributed by atoms with Gasteiger partial charge in [0.2, 0.25) is 0 Å². The van der Waals surface area contributed by atoms with Crippen LogP contribution in [0.4, 0.5) is 5.69 Å². The van der Waals surface area contributed by atoms with Gasteiger partial charge in [0.1, 0.15) is 12.1 Å². The molecule has 2 aromatic heterocycles. The molecule has 1 aromatic carbocycles. The van der Waals surface area contributed by atoms with E-state index >= 15 is 0 Å². The Bertz CT molecular complexity index is 803. The summed E-state index contributed by atoms with van der Waals surface area (Å²) in [5, 5.41) is 3.43. The molecule has 22 heavy (non-hydrogen) atoms. The summed E-state index contributed by atoms with van der Waals surface area (Å²) in [5.74, 6) is 0.531. The predicted molar refractivity (Wildman–Crippen MR) is 93.5 cm³/mol. The van der Waals surface area contributed by atoms with Crippen LogP contribution in [0, 0.1) is 3.57 Å². The molecule has 0 aliphatic heterocycles. The average molecular weight is 425 g/mol. The van der Waals surface area contributed by atoms with Crippen molar-refractivity contribution in [1.82, 2.24) is 14.5 Å². The van der Waals surface area contributed by atoms with Crippen LogP contribution in [0.15, 0.2) is 55.2 Å². The number of hydrogen-bond donors (Lipinski definition) is 1. The monoisotopic (exact) mass is 424 g/mol. The number of aromatic nitrogens is 3. The van der Waals surface area contributed by atoms with E-state index in [1.807, 2.05) is 6.07 Å². The lowest BCUT2D eigenvalue weighted by Crippen LogP contribution is -2.12. The number of nitrogens with one attached hydrogen (secondary N) is 1. The van der Waals surface area contributed by atoms with Crippen molar-refractivity contribution in [3.05, 3.63) is 69.4 Å². The number of carbonyl (C=O) groups excluding carboxylic acids is 1. The number of halogens is 2. The van der Waals surface area contributed by atoms with Gasteiger partial charge in [-0.1, -0.05) is 11.6 Å². The molecule has 0 aliphatic rings. The lowest BCUT2D eigenvalue weighted by atomic mass is 10.2. The molecule has 3 rings (SSSR count). The molecule has 0 saturated heterocycles. The number of anilines is 1. The van der Waals surface area contributed by atoms with Gasteiger partial charge in [-0.3, -0.25) is 9.36 Å². The van der Waals surface area contributed by atoms with E-state index in [1.54, 1.807) is 53.8 Å². The Morgan fingerprint density at radius 3 is 2.77 bits per heavy atom. The zero-order chi connectivity index (χ0) is 15.5. The van der Waals surface area contributed by atoms with Crippen molar-refractivity contribution >= 4 is 45.8 Å². The van der Waals surface area contributed by atoms with Gasteiger partial charge in [-0.25, -0.2) is 9.97 Å². The summed E-state index contributed by atoms with van der Waals surface area (Å²) >= 11 is 8.05. The molecule has 0 aliphatic carbocycles. The second kappa shape index (κ2) is 6.45. The van der Waals surface area contributed by atoms with Crippen LogP contribution in [0.1, 0.15) is 10.4 Å². The lowest BCUT2D eigenvalue weighted by molar-refractivity contribution is 0.102. The Kier molecular flexibility index (Phi) is 4.39. The minimum absolute atomic E-state index is 0.202. The Balaban J connectivity index is 1.75. The molecule has 0 saturated carbocycles. The summed E-state index contributed by atoms with van der Waals surface area (Å²) in [4.78, 5) is 20.4. The highest BCUT2D eigenvalue weighted by molar-refractivity contribution is 14.1. The van der Waals surface area contributed by atoms with Crippen LogP contribution in [0.3, 0.4) is 0 Å². The zero-order valence-electron chi connectivity index (χ0n) is 11.2. The standard InChI is InChI=1S/C15H10ClIN4O/c16-12-3-1-10(7-13(12)17)15(22)20-11-2-4-14(19-8-11)21-6-5-18-9-21/h1-9H,(H,20,22). The van der Waals surface area contributed by atoms with Crippen molar-refractivity contribution in [2.24, 2.45) is 0 Å². The van der Waals surface area contributed by atoms with E-state index in [1.165, 1.54) is 0 Å². The fourth-order valence-electron chi connectivity index (χ4n) is 1.85. The van der Waals surface area contributed by atoms with Gasteiger partial charge in [-0.2, -0.15) is 0 Å². The van der Waals surface area contributed by atoms with Gasteiger partial charge < -0.3 is 5.32 Å². The second-order valence-electron chi connectivity index (χ2n) is 4.46. The first-order valence-electron chi connectivity index (χ1n) is 6.34. The molecule has 2 heterocycles. The highest BCUT2D eigenvalue weighted by atomic mass is 127. The van der Waals surface area contributed by atoms with E-state index < -0.39 is 0 Å². The fourth-order valence-corrected chi connectivity index (χ4v) is 2.48. The summed E-state index contributed by atoms with van der Waals surface area (Å²) in [7, 11) is 0. The minimum Gasteiger partial charge on any atom is -0.321 e. The SMILES string of the molecule is O=C(Nc1ccc(-n2ccnc2)nc1)c1ccc(Cl)c(I)c1. The number of pyridine rings is 1. The largest absolute Gasteiger partial charge is 0.321 e. The Hall–Kier alpha value is -1.93. The molecule has 0 radical (unpaired) electrons. The normalized spacial score (nSPS) is 10.5. The highest BCUT2D eigenvalue weighted by Crippen LogP contribution is 2.20. The number of imidazole rings is 1. The number of amides is 1. The first kappa shape index (κ1) is 15.0. The molecule has 110 valence electrons. The van der Waals surface area contributed by atoms with E-state index in [9.17, 15) is 4.79 Å². The molecule has 3 aromatic rings. The fraction of sp³-hybridized carbons (Fsp3) is 0. The molecular formula is C15H10ClIN4O. The number of nitrogens with zero attached hydrogens (tertiary/aromatic N) is 3. The van der Waals surface area contributed by atoms with Crippen LogP contribution in [0.2, 0.25) is 5.02 Å². The van der Waals surface area contributed by atoms with Gasteiger partial charge in [-0.05, 0) is 52.9 Å². The number of benzene rings is 1. The summed E-state index contributed by atoms with van der Waals surface area (Å²) in [6.45, 7) is 0. The molecular weight excluding hydrogens is 415 g/mol. The van der Waals surface area contributed by atoms with Crippen molar-refractivity contribution in [3.8, 4) is 5.82 Å². The molecule has 1 N–H and O–H groups in total. The molecule has 0 bridgehead atoms. The van der Waals surface area contributed by atoms with Gasteiger partial charge in [0.15, 0.2) is 0 Å². The summed E-state index contributed by atoms with van der Waals surface area (Å²) in [5.41, 5.74) is 1.17. The number of carbonyl (C=O) groups is 1. The number of rotatable bonds is 3. The molecule has 5 nitrogen and oxygen atoms in total. The average Bonchev–Trinajstić information content (AvgIpc) is 3.05. The van der Waals surface area contributed by atoms with Crippen LogP contribution >= 0.6 is 34.2 Å². The van der Waals surface area contributed by atoms with Crippen molar-refractivity contribution in [3.63, 3.8) is 0 Å². The summed E-state index contributed by atoms with van der Waals surface area (Å²) < 4.78 is 2.62. The van der Waals surface area contributed by atoms with E-state index in [4.69, 9.17) is 11.6 Å². The Morgan fingerprint density at radius 2 is 2.14 bits per heavy atom. The minimum atomic E-state index is -0.202. The van der Waals surface area contributed by atoms with Gasteiger partial charge in [0, 0.05) is 21.5 Å². The Labute approximate surface area is 145 Å². The molecule has 0 unspecified atom stereocenters. The van der Waals surface area contributed by atoms with Crippen LogP contribution in [0.25, 0.3) is 5.82 Å². The van der Waals surface area contributed by atoms with Crippen molar-refractivity contribution < 1.29 is 4.79 Å². The maximum Gasteiger partial charge on any atom is 0.255 e. The maximum atomic E-state index is 12.2. The van der Waals surface area contributed by atoms with Crippen LogP contribution in [0.5, 0.6) is 0 Å². The van der Waals surface area contributed by atoms with Gasteiger partial charge in [-0.15, -0.1) is 0 Å². The van der Waals surface area contributed by atoms with Gasteiger partial charge in [0.25, 0.3) is 5.91 Å². The van der Waals surface area contributed by atoms with Crippen molar-refractivity contribution in [2.45, 2.75) is 0 Å². The zero-order valence-corrected chi connectivity index (χ0v) is 14.1. The highest BCUT2D eigenvalue weighted by Gasteiger charge is 2.08. The van der Waals surface area contributed by atoms with Crippen LogP contribution in [-0.4, -0.2) is 20.4 Å². The topological polar surface area (TPSA) is 59.8 Å². The Morgan fingerprint density at radius 1 is 1.27 bits per heavy atom. The third-order valence-corrected chi connectivity index (χ3v) is 4.50. The quantitative estimate of drug-likeness (QED) is 0.651. The first-order chi connectivity index (χ1) is 10.6. The molecule has 7 heteroatoms. The van der Waals surface area contributed by atoms with E-state index in [2.05, 4.69) is 37.9 Å².